The molecule has 13 heteroatoms. The molecule has 0 saturated heterocycles. The Kier molecular flexibility index (Phi) is 14.5. The van der Waals surface area contributed by atoms with E-state index in [1.54, 1.807) is 12.2 Å². The standard InChI is InChI=1S/C47H54N6O7/c1-8-11-25-56-37-22-21-35(28-36(37)49-30-58-39-20-16-15-19-38(39)57-29-34-17-13-12-14-18-34)43-50-44-40(46(54)59-42-32(5)26-31(4)27-33(42)6)41(48-7)45(53(44)51-43)60-47(55)52(23-9-2)24-10-3/h9-10,12-22,28,31-33,42,49H,2-3,8,11,23-27,29-30H2,1,4-6H3,(H,50,51). The molecule has 0 radical (unpaired) electrons. The molecule has 2 N–H and O–H groups in total. The number of benzene rings is 3. The number of aromatic amines is 1. The maximum Gasteiger partial charge on any atom is 0.416 e. The third-order valence-electron chi connectivity index (χ3n) is 10.5. The summed E-state index contributed by atoms with van der Waals surface area (Å²) in [5, 5.41) is 6.53. The van der Waals surface area contributed by atoms with Gasteiger partial charge in [0.15, 0.2) is 29.7 Å². The first kappa shape index (κ1) is 42.9. The van der Waals surface area contributed by atoms with Crippen LogP contribution >= 0.6 is 0 Å². The summed E-state index contributed by atoms with van der Waals surface area (Å²) in [6, 6.07) is 22.9. The van der Waals surface area contributed by atoms with Gasteiger partial charge in [-0.05, 0) is 72.9 Å². The maximum atomic E-state index is 14.2. The van der Waals surface area contributed by atoms with Gasteiger partial charge in [0, 0.05) is 18.7 Å². The van der Waals surface area contributed by atoms with Gasteiger partial charge in [0.25, 0.3) is 5.69 Å². The summed E-state index contributed by atoms with van der Waals surface area (Å²) >= 11 is 0. The van der Waals surface area contributed by atoms with Gasteiger partial charge in [-0.2, -0.15) is 0 Å². The molecule has 1 amide bonds. The van der Waals surface area contributed by atoms with Crippen molar-refractivity contribution in [3.8, 4) is 34.5 Å². The van der Waals surface area contributed by atoms with Gasteiger partial charge in [-0.25, -0.2) is 23.9 Å². The molecule has 3 aromatic carbocycles. The number of carbonyl (C=O) groups excluding carboxylic acids is 2. The zero-order valence-electron chi connectivity index (χ0n) is 34.8. The number of carbonyl (C=O) groups is 2. The summed E-state index contributed by atoms with van der Waals surface area (Å²) < 4.78 is 31.9. The van der Waals surface area contributed by atoms with E-state index in [2.05, 4.69) is 56.1 Å². The van der Waals surface area contributed by atoms with Gasteiger partial charge >= 0.3 is 12.1 Å². The lowest BCUT2D eigenvalue weighted by Crippen LogP contribution is -2.37. The lowest BCUT2D eigenvalue weighted by molar-refractivity contribution is -0.0249. The Morgan fingerprint density at radius 1 is 0.950 bits per heavy atom. The first-order valence-electron chi connectivity index (χ1n) is 20.5. The van der Waals surface area contributed by atoms with Crippen LogP contribution in [-0.4, -0.2) is 64.1 Å². The molecular formula is C47H54N6O7. The van der Waals surface area contributed by atoms with Gasteiger partial charge in [0.05, 0.1) is 18.9 Å². The van der Waals surface area contributed by atoms with Gasteiger partial charge in [0.2, 0.25) is 5.88 Å². The van der Waals surface area contributed by atoms with E-state index in [1.165, 1.54) is 9.42 Å². The zero-order chi connectivity index (χ0) is 42.6. The minimum atomic E-state index is -0.759. The van der Waals surface area contributed by atoms with Crippen LogP contribution in [-0.2, 0) is 11.3 Å². The Morgan fingerprint density at radius 3 is 2.30 bits per heavy atom. The number of anilines is 1. The Labute approximate surface area is 351 Å². The first-order chi connectivity index (χ1) is 29.1. The molecule has 2 aromatic heterocycles. The van der Waals surface area contributed by atoms with Crippen LogP contribution in [0, 0.1) is 24.3 Å². The average Bonchev–Trinajstić information content (AvgIpc) is 3.80. The molecule has 0 aliphatic heterocycles. The Bertz CT molecular complexity index is 2290. The maximum absolute atomic E-state index is 14.2. The van der Waals surface area contributed by atoms with Crippen LogP contribution < -0.4 is 24.3 Å². The normalized spacial score (nSPS) is 17.2. The summed E-state index contributed by atoms with van der Waals surface area (Å²) in [5.74, 6) is 1.94. The van der Waals surface area contributed by atoms with E-state index in [9.17, 15) is 9.59 Å². The van der Waals surface area contributed by atoms with Crippen LogP contribution in [0.2, 0.25) is 0 Å². The second-order valence-electron chi connectivity index (χ2n) is 15.2. The third kappa shape index (κ3) is 10.1. The molecule has 60 heavy (non-hydrogen) atoms. The second-order valence-corrected chi connectivity index (χ2v) is 15.2. The van der Waals surface area contributed by atoms with Crippen LogP contribution in [0.5, 0.6) is 23.1 Å². The molecule has 6 rings (SSSR count). The zero-order valence-corrected chi connectivity index (χ0v) is 34.8. The summed E-state index contributed by atoms with van der Waals surface area (Å²) in [6.07, 6.45) is 5.65. The molecule has 5 aromatic rings. The lowest BCUT2D eigenvalue weighted by atomic mass is 9.75. The Balaban J connectivity index is 1.33. The van der Waals surface area contributed by atoms with Crippen molar-refractivity contribution in [3.05, 3.63) is 121 Å². The van der Waals surface area contributed by atoms with Crippen LogP contribution in [0.1, 0.15) is 69.3 Å². The van der Waals surface area contributed by atoms with Gasteiger partial charge in [-0.3, -0.25) is 5.10 Å². The minimum Gasteiger partial charge on any atom is -0.491 e. The number of nitrogens with zero attached hydrogens (tertiary/aromatic N) is 4. The lowest BCUT2D eigenvalue weighted by Gasteiger charge is -2.37. The number of para-hydroxylation sites is 2. The number of hydrogen-bond donors (Lipinski definition) is 2. The summed E-state index contributed by atoms with van der Waals surface area (Å²) in [4.78, 5) is 37.6. The van der Waals surface area contributed by atoms with E-state index < -0.39 is 12.1 Å². The molecule has 2 unspecified atom stereocenters. The van der Waals surface area contributed by atoms with Crippen molar-refractivity contribution in [2.45, 2.75) is 66.1 Å². The monoisotopic (exact) mass is 814 g/mol. The van der Waals surface area contributed by atoms with Crippen molar-refractivity contribution in [1.29, 1.82) is 0 Å². The van der Waals surface area contributed by atoms with Crippen molar-refractivity contribution in [3.63, 3.8) is 0 Å². The number of aromatic nitrogens is 3. The number of ether oxygens (including phenoxy) is 5. The number of rotatable bonds is 19. The van der Waals surface area contributed by atoms with Crippen molar-refractivity contribution >= 4 is 29.1 Å². The van der Waals surface area contributed by atoms with Crippen LogP contribution in [0.15, 0.2) is 98.1 Å². The number of esters is 1. The Hall–Kier alpha value is -6.68. The van der Waals surface area contributed by atoms with Crippen LogP contribution in [0.25, 0.3) is 21.9 Å². The van der Waals surface area contributed by atoms with Gasteiger partial charge in [-0.15, -0.1) is 13.2 Å². The number of amides is 1. The SMILES string of the molecule is [C-]#[N+]c1c(C(=O)OC2C(C)CC(C)CC2C)c2nc(-c3ccc(OCCCC)c(NCOc4ccccc4OCc4ccccc4)c3)[nH]n2c1OC(=O)N(CC=C)CC=C. The number of unbranched alkanes of at least 4 members (excludes halogenated alkanes) is 1. The fourth-order valence-electron chi connectivity index (χ4n) is 7.66. The summed E-state index contributed by atoms with van der Waals surface area (Å²) in [6.45, 7) is 25.4. The Morgan fingerprint density at radius 2 is 1.63 bits per heavy atom. The van der Waals surface area contributed by atoms with E-state index in [1.807, 2.05) is 72.8 Å². The van der Waals surface area contributed by atoms with Crippen LogP contribution in [0.3, 0.4) is 0 Å². The largest absolute Gasteiger partial charge is 0.491 e. The molecule has 314 valence electrons. The van der Waals surface area contributed by atoms with Gasteiger partial charge < -0.3 is 33.9 Å². The number of H-pyrrole nitrogens is 1. The number of nitrogens with one attached hydrogen (secondary N) is 2. The fourth-order valence-corrected chi connectivity index (χ4v) is 7.66. The molecule has 1 aliphatic rings. The van der Waals surface area contributed by atoms with Crippen molar-refractivity contribution in [2.75, 3.05) is 31.7 Å². The van der Waals surface area contributed by atoms with Crippen molar-refractivity contribution < 1.29 is 33.3 Å². The van der Waals surface area contributed by atoms with Gasteiger partial charge in [0.1, 0.15) is 24.0 Å². The first-order valence-corrected chi connectivity index (χ1v) is 20.5. The highest BCUT2D eigenvalue weighted by atomic mass is 16.6. The number of hydrogen-bond acceptors (Lipinski definition) is 9. The third-order valence-corrected chi connectivity index (χ3v) is 10.5. The fraction of sp³-hybridized carbons (Fsp3) is 0.362. The highest BCUT2D eigenvalue weighted by Gasteiger charge is 2.37. The smallest absolute Gasteiger partial charge is 0.416 e. The molecule has 1 saturated carbocycles. The molecular weight excluding hydrogens is 761 g/mol. The van der Waals surface area contributed by atoms with E-state index in [0.29, 0.717) is 53.5 Å². The van der Waals surface area contributed by atoms with Gasteiger partial charge in [-0.1, -0.05) is 88.7 Å². The van der Waals surface area contributed by atoms with E-state index in [0.717, 1.165) is 31.2 Å². The molecule has 1 fully saturated rings. The summed E-state index contributed by atoms with van der Waals surface area (Å²) in [7, 11) is 0. The van der Waals surface area contributed by atoms with Crippen molar-refractivity contribution in [1.82, 2.24) is 19.5 Å². The summed E-state index contributed by atoms with van der Waals surface area (Å²) in [5.41, 5.74) is 2.08. The molecule has 0 spiro atoms. The molecule has 2 heterocycles. The predicted octanol–water partition coefficient (Wildman–Crippen LogP) is 10.5. The second kappa shape index (κ2) is 20.3. The van der Waals surface area contributed by atoms with E-state index in [-0.39, 0.29) is 60.5 Å². The predicted molar refractivity (Wildman–Crippen MR) is 232 cm³/mol. The quantitative estimate of drug-likeness (QED) is 0.0275. The van der Waals surface area contributed by atoms with Crippen LogP contribution in [0.4, 0.5) is 16.2 Å². The molecule has 1 aliphatic carbocycles. The topological polar surface area (TPSA) is 133 Å². The van der Waals surface area contributed by atoms with Crippen molar-refractivity contribution in [2.24, 2.45) is 17.8 Å². The number of fused-ring (bicyclic) bond motifs is 1. The van der Waals surface area contributed by atoms with E-state index in [4.69, 9.17) is 35.2 Å². The highest BCUT2D eigenvalue weighted by Crippen LogP contribution is 2.42. The average molecular weight is 815 g/mol. The highest BCUT2D eigenvalue weighted by molar-refractivity contribution is 6.05. The molecule has 0 bridgehead atoms. The molecule has 13 nitrogen and oxygen atoms in total. The minimum absolute atomic E-state index is 0.0758. The molecule has 2 atom stereocenters. The van der Waals surface area contributed by atoms with E-state index >= 15 is 0 Å².